The van der Waals surface area contributed by atoms with Crippen LogP contribution >= 0.6 is 28.6 Å². The number of carboxylic acids is 1. The number of carboxylic acid groups (broad SMARTS) is 1. The van der Waals surface area contributed by atoms with E-state index >= 15 is 0 Å². The van der Waals surface area contributed by atoms with Crippen LogP contribution in [0.5, 0.6) is 0 Å². The molecule has 1 rings (SSSR count). The molecule has 0 saturated heterocycles. The van der Waals surface area contributed by atoms with Gasteiger partial charge in [0.15, 0.2) is 0 Å². The molecule has 0 unspecified atom stereocenters. The summed E-state index contributed by atoms with van der Waals surface area (Å²) in [5, 5.41) is 8.55. The Hall–Kier alpha value is -0.550. The smallest absolute Gasteiger partial charge is 0.336 e. The number of aromatic carboxylic acids is 1. The normalized spacial score (nSPS) is 9.92. The molecule has 0 fully saturated rings. The highest BCUT2D eigenvalue weighted by atomic mass is 79.9. The zero-order chi connectivity index (χ0) is 9.30. The summed E-state index contributed by atoms with van der Waals surface area (Å²) < 4.78 is 13.0. The molecule has 0 saturated carbocycles. The molecular formula is C7H4BrFO2S. The third-order valence-electron chi connectivity index (χ3n) is 1.27. The maximum atomic E-state index is 12.8. The molecule has 1 aromatic rings. The summed E-state index contributed by atoms with van der Waals surface area (Å²) in [6, 6.07) is 2.23. The van der Waals surface area contributed by atoms with Crippen molar-refractivity contribution in [1.82, 2.24) is 0 Å². The van der Waals surface area contributed by atoms with Crippen LogP contribution in [-0.2, 0) is 0 Å². The van der Waals surface area contributed by atoms with Gasteiger partial charge in [-0.2, -0.15) is 0 Å². The maximum absolute atomic E-state index is 12.8. The second-order valence-electron chi connectivity index (χ2n) is 2.09. The van der Waals surface area contributed by atoms with Crippen molar-refractivity contribution in [3.05, 3.63) is 28.0 Å². The van der Waals surface area contributed by atoms with E-state index in [-0.39, 0.29) is 14.9 Å². The second kappa shape index (κ2) is 3.45. The zero-order valence-electron chi connectivity index (χ0n) is 5.71. The topological polar surface area (TPSA) is 37.3 Å². The average Bonchev–Trinajstić information content (AvgIpc) is 1.96. The summed E-state index contributed by atoms with van der Waals surface area (Å²) in [6.07, 6.45) is 0. The van der Waals surface area contributed by atoms with Gasteiger partial charge in [0.2, 0.25) is 0 Å². The van der Waals surface area contributed by atoms with Crippen molar-refractivity contribution >= 4 is 34.5 Å². The van der Waals surface area contributed by atoms with Gasteiger partial charge in [0.05, 0.1) is 10.0 Å². The molecule has 0 bridgehead atoms. The highest BCUT2D eigenvalue weighted by Gasteiger charge is 2.11. The minimum atomic E-state index is -1.19. The average molecular weight is 251 g/mol. The van der Waals surface area contributed by atoms with E-state index in [4.69, 9.17) is 5.11 Å². The van der Waals surface area contributed by atoms with E-state index in [9.17, 15) is 9.18 Å². The van der Waals surface area contributed by atoms with Gasteiger partial charge in [-0.3, -0.25) is 0 Å². The van der Waals surface area contributed by atoms with Gasteiger partial charge in [0, 0.05) is 4.90 Å². The van der Waals surface area contributed by atoms with Crippen LogP contribution in [0.4, 0.5) is 4.39 Å². The molecule has 64 valence electrons. The lowest BCUT2D eigenvalue weighted by atomic mass is 10.2. The maximum Gasteiger partial charge on any atom is 0.336 e. The first kappa shape index (κ1) is 9.54. The minimum Gasteiger partial charge on any atom is -0.478 e. The van der Waals surface area contributed by atoms with Crippen LogP contribution in [0, 0.1) is 5.82 Å². The molecule has 0 radical (unpaired) electrons. The lowest BCUT2D eigenvalue weighted by molar-refractivity contribution is 0.0692. The number of thiol groups is 1. The number of hydrogen-bond acceptors (Lipinski definition) is 2. The Morgan fingerprint density at radius 2 is 2.17 bits per heavy atom. The third-order valence-corrected chi connectivity index (χ3v) is 2.25. The highest BCUT2D eigenvalue weighted by molar-refractivity contribution is 9.10. The summed E-state index contributed by atoms with van der Waals surface area (Å²) in [5.74, 6) is -1.79. The van der Waals surface area contributed by atoms with Crippen molar-refractivity contribution in [2.45, 2.75) is 4.90 Å². The molecule has 0 aromatic heterocycles. The lowest BCUT2D eigenvalue weighted by Gasteiger charge is -2.00. The Kier molecular flexibility index (Phi) is 2.74. The molecule has 0 spiro atoms. The minimum absolute atomic E-state index is 0.140. The monoisotopic (exact) mass is 250 g/mol. The summed E-state index contributed by atoms with van der Waals surface area (Å²) in [4.78, 5) is 10.7. The number of benzene rings is 1. The molecule has 1 aromatic carbocycles. The van der Waals surface area contributed by atoms with Gasteiger partial charge >= 0.3 is 5.97 Å². The highest BCUT2D eigenvalue weighted by Crippen LogP contribution is 2.23. The van der Waals surface area contributed by atoms with Crippen molar-refractivity contribution in [3.63, 3.8) is 0 Å². The van der Waals surface area contributed by atoms with E-state index in [0.29, 0.717) is 0 Å². The standard InChI is InChI=1S/C7H4BrFO2S/c8-4-2-6(12)3(7(10)11)1-5(4)9/h1-2,12H,(H,10,11). The first-order valence-corrected chi connectivity index (χ1v) is 4.17. The Morgan fingerprint density at radius 1 is 1.58 bits per heavy atom. The largest absolute Gasteiger partial charge is 0.478 e. The van der Waals surface area contributed by atoms with Crippen molar-refractivity contribution in [1.29, 1.82) is 0 Å². The Bertz CT molecular complexity index is 340. The van der Waals surface area contributed by atoms with Crippen molar-refractivity contribution in [2.75, 3.05) is 0 Å². The molecule has 1 N–H and O–H groups in total. The van der Waals surface area contributed by atoms with Crippen LogP contribution in [0.2, 0.25) is 0 Å². The van der Waals surface area contributed by atoms with Crippen LogP contribution in [0.3, 0.4) is 0 Å². The molecule has 2 nitrogen and oxygen atoms in total. The van der Waals surface area contributed by atoms with E-state index in [1.54, 1.807) is 0 Å². The molecule has 0 aliphatic carbocycles. The molecule has 0 aliphatic heterocycles. The quantitative estimate of drug-likeness (QED) is 0.752. The van der Waals surface area contributed by atoms with E-state index in [2.05, 4.69) is 28.6 Å². The fourth-order valence-corrected chi connectivity index (χ4v) is 1.52. The van der Waals surface area contributed by atoms with Crippen LogP contribution in [0.1, 0.15) is 10.4 Å². The lowest BCUT2D eigenvalue weighted by Crippen LogP contribution is -1.98. The molecule has 0 aliphatic rings. The van der Waals surface area contributed by atoms with Crippen LogP contribution in [-0.4, -0.2) is 11.1 Å². The van der Waals surface area contributed by atoms with E-state index < -0.39 is 11.8 Å². The predicted octanol–water partition coefficient (Wildman–Crippen LogP) is 2.58. The third kappa shape index (κ3) is 1.78. The van der Waals surface area contributed by atoms with Crippen LogP contribution < -0.4 is 0 Å². The zero-order valence-corrected chi connectivity index (χ0v) is 8.19. The van der Waals surface area contributed by atoms with Crippen molar-refractivity contribution < 1.29 is 14.3 Å². The molecule has 0 amide bonds. The van der Waals surface area contributed by atoms with Crippen LogP contribution in [0.25, 0.3) is 0 Å². The summed E-state index contributed by atoms with van der Waals surface area (Å²) in [5.41, 5.74) is -0.140. The van der Waals surface area contributed by atoms with E-state index in [1.807, 2.05) is 0 Å². The van der Waals surface area contributed by atoms with Gasteiger partial charge in [-0.05, 0) is 28.1 Å². The molecule has 0 atom stereocenters. The number of halogens is 2. The first-order valence-electron chi connectivity index (χ1n) is 2.93. The Labute approximate surface area is 81.9 Å². The van der Waals surface area contributed by atoms with Gasteiger partial charge in [-0.1, -0.05) is 0 Å². The van der Waals surface area contributed by atoms with Gasteiger partial charge in [-0.15, -0.1) is 12.6 Å². The van der Waals surface area contributed by atoms with Gasteiger partial charge in [0.25, 0.3) is 0 Å². The summed E-state index contributed by atoms with van der Waals surface area (Å²) in [7, 11) is 0. The van der Waals surface area contributed by atoms with Gasteiger partial charge < -0.3 is 5.11 Å². The summed E-state index contributed by atoms with van der Waals surface area (Å²) >= 11 is 6.79. The fourth-order valence-electron chi connectivity index (χ4n) is 0.708. The molecular weight excluding hydrogens is 247 g/mol. The molecule has 12 heavy (non-hydrogen) atoms. The predicted molar refractivity (Wildman–Crippen MR) is 48.3 cm³/mol. The Morgan fingerprint density at radius 3 is 2.67 bits per heavy atom. The first-order chi connectivity index (χ1) is 5.52. The SMILES string of the molecule is O=C(O)c1cc(F)c(Br)cc1S. The summed E-state index contributed by atoms with van der Waals surface area (Å²) in [6.45, 7) is 0. The number of hydrogen-bond donors (Lipinski definition) is 2. The van der Waals surface area contributed by atoms with Gasteiger partial charge in [-0.25, -0.2) is 9.18 Å². The fraction of sp³-hybridized carbons (Fsp3) is 0. The Balaban J connectivity index is 3.33. The van der Waals surface area contributed by atoms with Crippen LogP contribution in [0.15, 0.2) is 21.5 Å². The number of rotatable bonds is 1. The van der Waals surface area contributed by atoms with Crippen molar-refractivity contribution in [3.8, 4) is 0 Å². The second-order valence-corrected chi connectivity index (χ2v) is 3.42. The van der Waals surface area contributed by atoms with E-state index in [0.717, 1.165) is 6.07 Å². The van der Waals surface area contributed by atoms with Gasteiger partial charge in [0.1, 0.15) is 5.82 Å². The van der Waals surface area contributed by atoms with E-state index in [1.165, 1.54) is 6.07 Å². The molecule has 5 heteroatoms. The molecule has 0 heterocycles. The number of carbonyl (C=O) groups is 1. The van der Waals surface area contributed by atoms with Crippen molar-refractivity contribution in [2.24, 2.45) is 0 Å².